The molecule has 0 bridgehead atoms. The van der Waals surface area contributed by atoms with Crippen molar-refractivity contribution in [2.75, 3.05) is 6.61 Å². The molecule has 0 fully saturated rings. The second-order valence-electron chi connectivity index (χ2n) is 3.65. The Bertz CT molecular complexity index is 569. The van der Waals surface area contributed by atoms with Crippen LogP contribution in [0.2, 0.25) is 0 Å². The average Bonchev–Trinajstić information content (AvgIpc) is 2.30. The smallest absolute Gasteiger partial charge is 0.330 e. The van der Waals surface area contributed by atoms with Crippen LogP contribution in [-0.2, 0) is 4.74 Å². The van der Waals surface area contributed by atoms with E-state index in [1.54, 1.807) is 12.2 Å². The molecule has 17 heavy (non-hydrogen) atoms. The summed E-state index contributed by atoms with van der Waals surface area (Å²) in [5.41, 5.74) is -0.383. The number of aliphatic hydroxyl groups is 1. The Balaban J connectivity index is 2.35. The van der Waals surface area contributed by atoms with Gasteiger partial charge in [-0.15, -0.1) is 0 Å². The van der Waals surface area contributed by atoms with E-state index in [-0.39, 0.29) is 6.61 Å². The van der Waals surface area contributed by atoms with E-state index in [1.807, 2.05) is 0 Å². The summed E-state index contributed by atoms with van der Waals surface area (Å²) in [7, 11) is 0. The summed E-state index contributed by atoms with van der Waals surface area (Å²) in [6.45, 7) is 3.50. The maximum atomic E-state index is 11.5. The largest absolute Gasteiger partial charge is 0.393 e. The lowest BCUT2D eigenvalue weighted by Crippen LogP contribution is -2.35. The summed E-state index contributed by atoms with van der Waals surface area (Å²) in [6.07, 6.45) is 3.48. The maximum Gasteiger partial charge on any atom is 0.330 e. The second kappa shape index (κ2) is 4.52. The fourth-order valence-electron chi connectivity index (χ4n) is 1.56. The summed E-state index contributed by atoms with van der Waals surface area (Å²) < 4.78 is 6.69. The van der Waals surface area contributed by atoms with E-state index in [0.29, 0.717) is 5.57 Å². The van der Waals surface area contributed by atoms with Gasteiger partial charge in [0.1, 0.15) is 6.10 Å². The van der Waals surface area contributed by atoms with Crippen LogP contribution in [0, 0.1) is 0 Å². The highest BCUT2D eigenvalue weighted by Crippen LogP contribution is 2.21. The number of aromatic amines is 1. The van der Waals surface area contributed by atoms with Crippen LogP contribution in [0.1, 0.15) is 6.23 Å². The second-order valence-corrected chi connectivity index (χ2v) is 3.65. The van der Waals surface area contributed by atoms with E-state index in [9.17, 15) is 9.59 Å². The number of hydrogen-bond acceptors (Lipinski definition) is 4. The predicted molar refractivity (Wildman–Crippen MR) is 60.6 cm³/mol. The number of aromatic nitrogens is 2. The number of H-pyrrole nitrogens is 1. The van der Waals surface area contributed by atoms with E-state index in [4.69, 9.17) is 9.84 Å². The van der Waals surface area contributed by atoms with Gasteiger partial charge in [0.15, 0.2) is 6.23 Å². The summed E-state index contributed by atoms with van der Waals surface area (Å²) in [5.74, 6) is 0. The van der Waals surface area contributed by atoms with Crippen molar-refractivity contribution in [3.8, 4) is 0 Å². The number of nitrogens with one attached hydrogen (secondary N) is 1. The first kappa shape index (κ1) is 11.6. The fourth-order valence-corrected chi connectivity index (χ4v) is 1.56. The molecule has 0 aromatic carbocycles. The van der Waals surface area contributed by atoms with Crippen molar-refractivity contribution in [1.82, 2.24) is 9.55 Å². The number of ether oxygens (including phenoxy) is 1. The van der Waals surface area contributed by atoms with Gasteiger partial charge in [-0.05, 0) is 11.6 Å². The number of hydrogen-bond donors (Lipinski definition) is 2. The summed E-state index contributed by atoms with van der Waals surface area (Å²) in [5, 5.41) is 9.07. The molecule has 0 amide bonds. The van der Waals surface area contributed by atoms with Crippen LogP contribution in [0.4, 0.5) is 0 Å². The first-order chi connectivity index (χ1) is 8.11. The van der Waals surface area contributed by atoms with Gasteiger partial charge in [0, 0.05) is 12.3 Å². The predicted octanol–water partition coefficient (Wildman–Crippen LogP) is -0.461. The Hall–Kier alpha value is -1.92. The summed E-state index contributed by atoms with van der Waals surface area (Å²) in [6, 6.07) is 1.23. The van der Waals surface area contributed by atoms with Crippen molar-refractivity contribution >= 4 is 0 Å². The molecule has 0 aliphatic carbocycles. The minimum Gasteiger partial charge on any atom is -0.393 e. The van der Waals surface area contributed by atoms with Crippen LogP contribution in [0.15, 0.2) is 46.2 Å². The van der Waals surface area contributed by atoms with Gasteiger partial charge in [0.25, 0.3) is 5.56 Å². The molecule has 2 atom stereocenters. The Morgan fingerprint density at radius 3 is 2.94 bits per heavy atom. The monoisotopic (exact) mass is 236 g/mol. The van der Waals surface area contributed by atoms with Crippen LogP contribution in [-0.4, -0.2) is 27.4 Å². The quantitative estimate of drug-likeness (QED) is 0.727. The van der Waals surface area contributed by atoms with Crippen LogP contribution in [0.25, 0.3) is 0 Å². The van der Waals surface area contributed by atoms with E-state index in [0.717, 1.165) is 0 Å². The fraction of sp³-hybridized carbons (Fsp3) is 0.273. The van der Waals surface area contributed by atoms with Gasteiger partial charge in [-0.3, -0.25) is 14.3 Å². The third-order valence-corrected chi connectivity index (χ3v) is 2.48. The van der Waals surface area contributed by atoms with Gasteiger partial charge in [0.2, 0.25) is 0 Å². The minimum absolute atomic E-state index is 0.211. The molecule has 1 aliphatic rings. The average molecular weight is 236 g/mol. The molecule has 6 heteroatoms. The van der Waals surface area contributed by atoms with Crippen molar-refractivity contribution in [3.63, 3.8) is 0 Å². The van der Waals surface area contributed by atoms with Gasteiger partial charge >= 0.3 is 5.69 Å². The first-order valence-electron chi connectivity index (χ1n) is 5.06. The lowest BCUT2D eigenvalue weighted by molar-refractivity contribution is -0.0375. The molecule has 1 aromatic heterocycles. The third-order valence-electron chi connectivity index (χ3n) is 2.48. The Morgan fingerprint density at radius 1 is 1.53 bits per heavy atom. The van der Waals surface area contributed by atoms with Gasteiger partial charge in [-0.1, -0.05) is 12.7 Å². The lowest BCUT2D eigenvalue weighted by atomic mass is 10.1. The van der Waals surface area contributed by atoms with Crippen molar-refractivity contribution in [1.29, 1.82) is 0 Å². The number of nitrogens with zero attached hydrogens (tertiary/aromatic N) is 1. The van der Waals surface area contributed by atoms with Crippen molar-refractivity contribution in [2.45, 2.75) is 12.3 Å². The molecular formula is C11H12N2O4. The number of rotatable bonds is 2. The topological polar surface area (TPSA) is 84.3 Å². The van der Waals surface area contributed by atoms with Crippen molar-refractivity contribution < 1.29 is 9.84 Å². The highest BCUT2D eigenvalue weighted by Gasteiger charge is 2.22. The highest BCUT2D eigenvalue weighted by atomic mass is 16.5. The maximum absolute atomic E-state index is 11.5. The SMILES string of the molecule is C=C1C=C[C@@H](n2ccc(=O)[nH]c2=O)O[C@@H]1CO. The Morgan fingerprint density at radius 2 is 2.29 bits per heavy atom. The summed E-state index contributed by atoms with van der Waals surface area (Å²) >= 11 is 0. The molecule has 6 nitrogen and oxygen atoms in total. The lowest BCUT2D eigenvalue weighted by Gasteiger charge is -2.27. The molecule has 90 valence electrons. The molecule has 0 saturated carbocycles. The van der Waals surface area contributed by atoms with E-state index in [1.165, 1.54) is 16.8 Å². The molecule has 2 rings (SSSR count). The Kier molecular flexibility index (Phi) is 3.08. The minimum atomic E-state index is -0.651. The van der Waals surface area contributed by atoms with Crippen LogP contribution >= 0.6 is 0 Å². The Labute approximate surface area is 96.5 Å². The third kappa shape index (κ3) is 2.27. The number of aliphatic hydroxyl groups excluding tert-OH is 1. The molecular weight excluding hydrogens is 224 g/mol. The van der Waals surface area contributed by atoms with E-state index in [2.05, 4.69) is 11.6 Å². The van der Waals surface area contributed by atoms with Gasteiger partial charge in [0.05, 0.1) is 6.61 Å². The summed E-state index contributed by atoms with van der Waals surface area (Å²) in [4.78, 5) is 24.6. The first-order valence-corrected chi connectivity index (χ1v) is 5.06. The van der Waals surface area contributed by atoms with E-state index < -0.39 is 23.6 Å². The molecule has 1 aromatic rings. The molecule has 0 saturated heterocycles. The van der Waals surface area contributed by atoms with Crippen molar-refractivity contribution in [2.24, 2.45) is 0 Å². The zero-order chi connectivity index (χ0) is 12.4. The molecule has 2 N–H and O–H groups in total. The molecule has 1 aliphatic heterocycles. The standard InChI is InChI=1S/C11H12N2O4/c1-7-2-3-10(17-8(7)6-14)13-5-4-9(15)12-11(13)16/h2-5,8,10,14H,1,6H2,(H,12,15,16)/t8-,10+/m1/s1. The molecule has 0 unspecified atom stereocenters. The molecule has 0 radical (unpaired) electrons. The van der Waals surface area contributed by atoms with Gasteiger partial charge in [-0.2, -0.15) is 0 Å². The zero-order valence-corrected chi connectivity index (χ0v) is 9.00. The van der Waals surface area contributed by atoms with E-state index >= 15 is 0 Å². The van der Waals surface area contributed by atoms with Gasteiger partial charge in [-0.25, -0.2) is 4.79 Å². The normalized spacial score (nSPS) is 23.9. The molecule has 0 spiro atoms. The van der Waals surface area contributed by atoms with Crippen LogP contribution in [0.3, 0.4) is 0 Å². The van der Waals surface area contributed by atoms with Crippen molar-refractivity contribution in [3.05, 3.63) is 57.4 Å². The highest BCUT2D eigenvalue weighted by molar-refractivity contribution is 5.23. The molecule has 2 heterocycles. The van der Waals surface area contributed by atoms with Crippen LogP contribution in [0.5, 0.6) is 0 Å². The van der Waals surface area contributed by atoms with Gasteiger partial charge < -0.3 is 9.84 Å². The zero-order valence-electron chi connectivity index (χ0n) is 9.00. The van der Waals surface area contributed by atoms with Crippen LogP contribution < -0.4 is 11.2 Å².